The van der Waals surface area contributed by atoms with E-state index in [0.29, 0.717) is 39.2 Å². The molecule has 0 radical (unpaired) electrons. The predicted molar refractivity (Wildman–Crippen MR) is 107 cm³/mol. The maximum absolute atomic E-state index is 12.7. The highest BCUT2D eigenvalue weighted by atomic mass is 35.5. The van der Waals surface area contributed by atoms with Gasteiger partial charge in [0.05, 0.1) is 12.0 Å². The quantitative estimate of drug-likeness (QED) is 0.583. The first kappa shape index (κ1) is 19.2. The van der Waals surface area contributed by atoms with E-state index in [1.807, 2.05) is 6.07 Å². The molecule has 2 amide bonds. The number of aryl methyl sites for hydroxylation is 1. The molecule has 4 rings (SSSR count). The molecule has 1 spiro atoms. The number of amides is 2. The van der Waals surface area contributed by atoms with Crippen molar-refractivity contribution in [1.82, 2.24) is 10.4 Å². The summed E-state index contributed by atoms with van der Waals surface area (Å²) in [4.78, 5) is 25.0. The van der Waals surface area contributed by atoms with E-state index in [4.69, 9.17) is 23.2 Å². The van der Waals surface area contributed by atoms with Crippen molar-refractivity contribution in [3.05, 3.63) is 68.7 Å². The summed E-state index contributed by atoms with van der Waals surface area (Å²) in [6.07, 6.45) is 3.10. The molecule has 1 aliphatic carbocycles. The minimum atomic E-state index is -0.519. The van der Waals surface area contributed by atoms with Gasteiger partial charge in [0.25, 0.3) is 5.91 Å². The van der Waals surface area contributed by atoms with Gasteiger partial charge in [-0.05, 0) is 72.7 Å². The van der Waals surface area contributed by atoms with E-state index < -0.39 is 5.91 Å². The van der Waals surface area contributed by atoms with Gasteiger partial charge in [0, 0.05) is 22.2 Å². The van der Waals surface area contributed by atoms with Crippen LogP contribution in [0.1, 0.15) is 39.9 Å². The zero-order chi connectivity index (χ0) is 19.9. The number of halogens is 2. The number of fused-ring (bicyclic) bond motifs is 1. The van der Waals surface area contributed by atoms with Crippen molar-refractivity contribution in [3.8, 4) is 0 Å². The number of nitrogens with zero attached hydrogens (tertiary/aromatic N) is 1. The fraction of sp³-hybridized carbons (Fsp3) is 0.333. The summed E-state index contributed by atoms with van der Waals surface area (Å²) in [5.74, 6) is -0.413. The van der Waals surface area contributed by atoms with Crippen molar-refractivity contribution in [2.75, 3.05) is 6.54 Å². The number of nitrogens with one attached hydrogen (secondary N) is 1. The lowest BCUT2D eigenvalue weighted by molar-refractivity contribution is -0.128. The van der Waals surface area contributed by atoms with Crippen LogP contribution in [0.3, 0.4) is 0 Å². The summed E-state index contributed by atoms with van der Waals surface area (Å²) in [5, 5.41) is 14.8. The SMILES string of the molecule is O=C(c1ccc2c(c1)C[C@]1(CCNC1=O)CC2)N(O)Cc1cc(Cl)ccc1Cl. The highest BCUT2D eigenvalue weighted by Crippen LogP contribution is 2.41. The maximum Gasteiger partial charge on any atom is 0.277 e. The molecule has 146 valence electrons. The van der Waals surface area contributed by atoms with Crippen LogP contribution in [0.2, 0.25) is 10.0 Å². The molecular formula is C21H20Cl2N2O3. The lowest BCUT2D eigenvalue weighted by Gasteiger charge is -2.32. The van der Waals surface area contributed by atoms with E-state index in [2.05, 4.69) is 5.32 Å². The Hall–Kier alpha value is -2.08. The Morgan fingerprint density at radius 1 is 1.14 bits per heavy atom. The molecule has 1 atom stereocenters. The van der Waals surface area contributed by atoms with Crippen molar-refractivity contribution in [3.63, 3.8) is 0 Å². The van der Waals surface area contributed by atoms with Gasteiger partial charge < -0.3 is 5.32 Å². The van der Waals surface area contributed by atoms with Gasteiger partial charge in [-0.2, -0.15) is 0 Å². The second-order valence-corrected chi connectivity index (χ2v) is 8.39. The third kappa shape index (κ3) is 3.50. The lowest BCUT2D eigenvalue weighted by Crippen LogP contribution is -2.36. The number of carbonyl (C=O) groups excluding carboxylic acids is 2. The third-order valence-electron chi connectivity index (χ3n) is 5.79. The smallest absolute Gasteiger partial charge is 0.277 e. The van der Waals surface area contributed by atoms with Crippen molar-refractivity contribution < 1.29 is 14.8 Å². The zero-order valence-corrected chi connectivity index (χ0v) is 16.7. The van der Waals surface area contributed by atoms with Gasteiger partial charge in [0.15, 0.2) is 0 Å². The van der Waals surface area contributed by atoms with E-state index >= 15 is 0 Å². The number of hydrogen-bond donors (Lipinski definition) is 2. The summed E-state index contributed by atoms with van der Waals surface area (Å²) in [5.41, 5.74) is 2.74. The monoisotopic (exact) mass is 418 g/mol. The van der Waals surface area contributed by atoms with Gasteiger partial charge in [-0.1, -0.05) is 29.3 Å². The first-order valence-electron chi connectivity index (χ1n) is 9.23. The second-order valence-electron chi connectivity index (χ2n) is 7.55. The molecule has 28 heavy (non-hydrogen) atoms. The molecule has 1 fully saturated rings. The Balaban J connectivity index is 1.55. The van der Waals surface area contributed by atoms with Gasteiger partial charge in [-0.15, -0.1) is 0 Å². The van der Waals surface area contributed by atoms with Gasteiger partial charge in [-0.3, -0.25) is 14.8 Å². The zero-order valence-electron chi connectivity index (χ0n) is 15.2. The van der Waals surface area contributed by atoms with Crippen molar-refractivity contribution >= 4 is 35.0 Å². The Morgan fingerprint density at radius 2 is 1.96 bits per heavy atom. The summed E-state index contributed by atoms with van der Waals surface area (Å²) in [7, 11) is 0. The van der Waals surface area contributed by atoms with Crippen LogP contribution in [0, 0.1) is 5.41 Å². The van der Waals surface area contributed by atoms with Gasteiger partial charge >= 0.3 is 0 Å². The van der Waals surface area contributed by atoms with Crippen LogP contribution in [0.4, 0.5) is 0 Å². The molecule has 5 nitrogen and oxygen atoms in total. The van der Waals surface area contributed by atoms with Gasteiger partial charge in [0.2, 0.25) is 5.91 Å². The second kappa shape index (κ2) is 7.39. The molecule has 7 heteroatoms. The van der Waals surface area contributed by atoms with Gasteiger partial charge in [0.1, 0.15) is 0 Å². The molecule has 0 saturated carbocycles. The van der Waals surface area contributed by atoms with Crippen LogP contribution in [-0.2, 0) is 24.2 Å². The average molecular weight is 419 g/mol. The number of hydroxylamine groups is 2. The molecule has 0 bridgehead atoms. The number of carbonyl (C=O) groups is 2. The van der Waals surface area contributed by atoms with E-state index in [9.17, 15) is 14.8 Å². The van der Waals surface area contributed by atoms with Crippen LogP contribution in [-0.4, -0.2) is 28.6 Å². The molecular weight excluding hydrogens is 399 g/mol. The fourth-order valence-corrected chi connectivity index (χ4v) is 4.54. The normalized spacial score (nSPS) is 20.8. The molecule has 0 aromatic heterocycles. The van der Waals surface area contributed by atoms with E-state index in [1.165, 1.54) is 0 Å². The molecule has 1 aliphatic heterocycles. The molecule has 0 unspecified atom stereocenters. The van der Waals surface area contributed by atoms with Crippen LogP contribution >= 0.6 is 23.2 Å². The van der Waals surface area contributed by atoms with Gasteiger partial charge in [-0.25, -0.2) is 5.06 Å². The first-order valence-corrected chi connectivity index (χ1v) is 9.98. The van der Waals surface area contributed by atoms with E-state index in [-0.39, 0.29) is 17.9 Å². The van der Waals surface area contributed by atoms with Crippen molar-refractivity contribution in [1.29, 1.82) is 0 Å². The van der Waals surface area contributed by atoms with Crippen molar-refractivity contribution in [2.24, 2.45) is 5.41 Å². The summed E-state index contributed by atoms with van der Waals surface area (Å²) in [6, 6.07) is 10.3. The third-order valence-corrected chi connectivity index (χ3v) is 6.39. The summed E-state index contributed by atoms with van der Waals surface area (Å²) in [6.45, 7) is 0.638. The highest BCUT2D eigenvalue weighted by Gasteiger charge is 2.44. The Labute approximate surface area is 173 Å². The average Bonchev–Trinajstić information content (AvgIpc) is 3.03. The molecule has 1 saturated heterocycles. The van der Waals surface area contributed by atoms with Crippen LogP contribution in [0.5, 0.6) is 0 Å². The number of hydrogen-bond acceptors (Lipinski definition) is 3. The molecule has 2 aromatic carbocycles. The number of rotatable bonds is 3. The van der Waals surface area contributed by atoms with Crippen molar-refractivity contribution in [2.45, 2.75) is 32.2 Å². The number of benzene rings is 2. The Bertz CT molecular complexity index is 963. The van der Waals surface area contributed by atoms with Crippen LogP contribution in [0.15, 0.2) is 36.4 Å². The van der Waals surface area contributed by atoms with E-state index in [1.54, 1.807) is 30.3 Å². The molecule has 2 aliphatic rings. The Kier molecular flexibility index (Phi) is 5.08. The first-order chi connectivity index (χ1) is 13.4. The summed E-state index contributed by atoms with van der Waals surface area (Å²) >= 11 is 12.1. The topological polar surface area (TPSA) is 69.6 Å². The largest absolute Gasteiger partial charge is 0.356 e. The summed E-state index contributed by atoms with van der Waals surface area (Å²) < 4.78 is 0. The lowest BCUT2D eigenvalue weighted by atomic mass is 9.70. The molecule has 2 N–H and O–H groups in total. The molecule has 2 aromatic rings. The maximum atomic E-state index is 12.7. The minimum Gasteiger partial charge on any atom is -0.356 e. The predicted octanol–water partition coefficient (Wildman–Crippen LogP) is 4.02. The molecule has 1 heterocycles. The highest BCUT2D eigenvalue weighted by molar-refractivity contribution is 6.33. The fourth-order valence-electron chi connectivity index (χ4n) is 4.16. The Morgan fingerprint density at radius 3 is 2.71 bits per heavy atom. The van der Waals surface area contributed by atoms with E-state index in [0.717, 1.165) is 30.4 Å². The standard InChI is InChI=1S/C21H20Cl2N2O3/c22-17-3-4-18(23)16(10-17)12-25(28)19(26)14-2-1-13-5-6-21(11-15(13)9-14)7-8-24-20(21)27/h1-4,9-10,28H,5-8,11-12H2,(H,24,27)/t21-/m1/s1. The van der Waals surface area contributed by atoms with Crippen LogP contribution < -0.4 is 5.32 Å². The minimum absolute atomic E-state index is 0.0678. The van der Waals surface area contributed by atoms with Crippen LogP contribution in [0.25, 0.3) is 0 Å².